The average molecular weight is 183 g/mol. The van der Waals surface area contributed by atoms with Gasteiger partial charge < -0.3 is 4.84 Å². The number of allylic oxidation sites excluding steroid dienone is 1. The molecule has 72 valence electrons. The van der Waals surface area contributed by atoms with E-state index >= 15 is 0 Å². The van der Waals surface area contributed by atoms with Gasteiger partial charge >= 0.3 is 5.97 Å². The summed E-state index contributed by atoms with van der Waals surface area (Å²) in [5, 5.41) is 0. The van der Waals surface area contributed by atoms with E-state index in [0.29, 0.717) is 11.5 Å². The maximum atomic E-state index is 11.3. The highest BCUT2D eigenvalue weighted by Crippen LogP contribution is 2.36. The molecule has 1 amide bonds. The molecule has 13 heavy (non-hydrogen) atoms. The van der Waals surface area contributed by atoms with E-state index in [4.69, 9.17) is 0 Å². The van der Waals surface area contributed by atoms with Crippen molar-refractivity contribution in [3.8, 4) is 0 Å². The van der Waals surface area contributed by atoms with Gasteiger partial charge in [0.1, 0.15) is 0 Å². The number of carbonyl (C=O) groups excluding carboxylic acids is 2. The van der Waals surface area contributed by atoms with Gasteiger partial charge in [-0.3, -0.25) is 4.79 Å². The van der Waals surface area contributed by atoms with Crippen LogP contribution in [0.2, 0.25) is 0 Å². The third-order valence-corrected chi connectivity index (χ3v) is 1.85. The SMILES string of the molecule is CC=C(C(=O)ONC(C)=O)C1CC1. The van der Waals surface area contributed by atoms with Crippen LogP contribution in [0.15, 0.2) is 11.6 Å². The van der Waals surface area contributed by atoms with Crippen LogP contribution >= 0.6 is 0 Å². The standard InChI is InChI=1S/C9H13NO3/c1-3-8(7-4-5-7)9(12)13-10-6(2)11/h3,7H,4-5H2,1-2H3,(H,10,11). The third kappa shape index (κ3) is 2.89. The van der Waals surface area contributed by atoms with Gasteiger partial charge in [0.05, 0.1) is 0 Å². The molecule has 0 aromatic carbocycles. The summed E-state index contributed by atoms with van der Waals surface area (Å²) in [7, 11) is 0. The van der Waals surface area contributed by atoms with Crippen molar-refractivity contribution in [1.82, 2.24) is 5.48 Å². The largest absolute Gasteiger partial charge is 0.358 e. The fraction of sp³-hybridized carbons (Fsp3) is 0.556. The van der Waals surface area contributed by atoms with Gasteiger partial charge in [0.15, 0.2) is 0 Å². The molecule has 0 radical (unpaired) electrons. The molecule has 0 atom stereocenters. The minimum absolute atomic E-state index is 0.339. The second-order valence-corrected chi connectivity index (χ2v) is 3.07. The van der Waals surface area contributed by atoms with E-state index in [0.717, 1.165) is 12.8 Å². The summed E-state index contributed by atoms with van der Waals surface area (Å²) >= 11 is 0. The van der Waals surface area contributed by atoms with Crippen molar-refractivity contribution in [3.63, 3.8) is 0 Å². The molecule has 0 heterocycles. The van der Waals surface area contributed by atoms with E-state index in [-0.39, 0.29) is 5.91 Å². The molecule has 1 rings (SSSR count). The van der Waals surface area contributed by atoms with Gasteiger partial charge in [0.25, 0.3) is 0 Å². The first-order valence-electron chi connectivity index (χ1n) is 4.29. The zero-order valence-electron chi connectivity index (χ0n) is 7.79. The number of amides is 1. The maximum Gasteiger partial charge on any atom is 0.358 e. The van der Waals surface area contributed by atoms with Crippen LogP contribution in [0.1, 0.15) is 26.7 Å². The Bertz CT molecular complexity index is 254. The predicted molar refractivity (Wildman–Crippen MR) is 46.4 cm³/mol. The van der Waals surface area contributed by atoms with Crippen molar-refractivity contribution < 1.29 is 14.4 Å². The Morgan fingerprint density at radius 2 is 2.08 bits per heavy atom. The number of rotatable bonds is 2. The Morgan fingerprint density at radius 3 is 2.46 bits per heavy atom. The average Bonchev–Trinajstić information content (AvgIpc) is 2.86. The number of hydrogen-bond donors (Lipinski definition) is 1. The van der Waals surface area contributed by atoms with Gasteiger partial charge in [-0.15, -0.1) is 0 Å². The second kappa shape index (κ2) is 4.07. The molecule has 1 aliphatic rings. The van der Waals surface area contributed by atoms with E-state index in [9.17, 15) is 9.59 Å². The van der Waals surface area contributed by atoms with Crippen molar-refractivity contribution in [3.05, 3.63) is 11.6 Å². The van der Waals surface area contributed by atoms with E-state index in [1.54, 1.807) is 13.0 Å². The molecule has 1 N–H and O–H groups in total. The summed E-state index contributed by atoms with van der Waals surface area (Å²) in [6.45, 7) is 3.09. The van der Waals surface area contributed by atoms with E-state index < -0.39 is 5.97 Å². The highest BCUT2D eigenvalue weighted by atomic mass is 16.7. The van der Waals surface area contributed by atoms with E-state index in [2.05, 4.69) is 4.84 Å². The minimum atomic E-state index is -0.444. The second-order valence-electron chi connectivity index (χ2n) is 3.07. The molecule has 0 spiro atoms. The number of hydroxylamine groups is 1. The Labute approximate surface area is 76.9 Å². The van der Waals surface area contributed by atoms with E-state index in [1.807, 2.05) is 5.48 Å². The van der Waals surface area contributed by atoms with Gasteiger partial charge in [-0.25, -0.2) is 4.79 Å². The molecule has 1 fully saturated rings. The lowest BCUT2D eigenvalue weighted by Gasteiger charge is -2.04. The fourth-order valence-corrected chi connectivity index (χ4v) is 1.09. The molecule has 0 aliphatic heterocycles. The molecule has 0 saturated heterocycles. The van der Waals surface area contributed by atoms with Gasteiger partial charge in [-0.05, 0) is 25.7 Å². The van der Waals surface area contributed by atoms with E-state index in [1.165, 1.54) is 6.92 Å². The molecular formula is C9H13NO3. The molecule has 0 bridgehead atoms. The fourth-order valence-electron chi connectivity index (χ4n) is 1.09. The molecule has 0 unspecified atom stereocenters. The Morgan fingerprint density at radius 1 is 1.46 bits per heavy atom. The monoisotopic (exact) mass is 183 g/mol. The zero-order valence-corrected chi connectivity index (χ0v) is 7.79. The Kier molecular flexibility index (Phi) is 3.06. The smallest absolute Gasteiger partial charge is 0.336 e. The van der Waals surface area contributed by atoms with Gasteiger partial charge in [0, 0.05) is 12.5 Å². The summed E-state index contributed by atoms with van der Waals surface area (Å²) in [5.41, 5.74) is 2.67. The zero-order chi connectivity index (χ0) is 9.84. The van der Waals surface area contributed by atoms with Crippen LogP contribution in [0.4, 0.5) is 0 Å². The van der Waals surface area contributed by atoms with Crippen LogP contribution in [0.3, 0.4) is 0 Å². The van der Waals surface area contributed by atoms with Crippen LogP contribution in [0, 0.1) is 5.92 Å². The van der Waals surface area contributed by atoms with Crippen LogP contribution in [-0.4, -0.2) is 11.9 Å². The molecule has 1 saturated carbocycles. The van der Waals surface area contributed by atoms with Gasteiger partial charge in [0.2, 0.25) is 5.91 Å². The van der Waals surface area contributed by atoms with Gasteiger partial charge in [-0.2, -0.15) is 5.48 Å². The summed E-state index contributed by atoms with van der Waals surface area (Å²) in [5.74, 6) is -0.481. The van der Waals surface area contributed by atoms with Crippen LogP contribution in [-0.2, 0) is 14.4 Å². The summed E-state index contributed by atoms with van der Waals surface area (Å²) < 4.78 is 0. The van der Waals surface area contributed by atoms with Crippen molar-refractivity contribution in [2.75, 3.05) is 0 Å². The first-order valence-corrected chi connectivity index (χ1v) is 4.29. The van der Waals surface area contributed by atoms with Crippen LogP contribution < -0.4 is 5.48 Å². The molecule has 0 aromatic heterocycles. The van der Waals surface area contributed by atoms with Gasteiger partial charge in [-0.1, -0.05) is 6.08 Å². The van der Waals surface area contributed by atoms with Crippen LogP contribution in [0.5, 0.6) is 0 Å². The lowest BCUT2D eigenvalue weighted by molar-refractivity contribution is -0.153. The summed E-state index contributed by atoms with van der Waals surface area (Å²) in [6.07, 6.45) is 3.81. The lowest BCUT2D eigenvalue weighted by Crippen LogP contribution is -2.25. The maximum absolute atomic E-state index is 11.3. The highest BCUT2D eigenvalue weighted by molar-refractivity contribution is 5.90. The number of carbonyl (C=O) groups is 2. The Hall–Kier alpha value is -1.32. The normalized spacial score (nSPS) is 16.6. The predicted octanol–water partition coefficient (Wildman–Crippen LogP) is 0.937. The number of hydrogen-bond acceptors (Lipinski definition) is 3. The molecule has 4 nitrogen and oxygen atoms in total. The third-order valence-electron chi connectivity index (χ3n) is 1.85. The van der Waals surface area contributed by atoms with Crippen molar-refractivity contribution in [2.24, 2.45) is 5.92 Å². The molecular weight excluding hydrogens is 170 g/mol. The Balaban J connectivity index is 2.41. The first-order chi connectivity index (χ1) is 6.15. The quantitative estimate of drug-likeness (QED) is 0.512. The summed E-state index contributed by atoms with van der Waals surface area (Å²) in [4.78, 5) is 26.2. The molecule has 0 aromatic rings. The summed E-state index contributed by atoms with van der Waals surface area (Å²) in [6, 6.07) is 0. The topological polar surface area (TPSA) is 55.4 Å². The van der Waals surface area contributed by atoms with Crippen molar-refractivity contribution >= 4 is 11.9 Å². The molecule has 4 heteroatoms. The highest BCUT2D eigenvalue weighted by Gasteiger charge is 2.31. The molecule has 1 aliphatic carbocycles. The van der Waals surface area contributed by atoms with Crippen molar-refractivity contribution in [2.45, 2.75) is 26.7 Å². The first kappa shape index (κ1) is 9.77. The minimum Gasteiger partial charge on any atom is -0.336 e. The van der Waals surface area contributed by atoms with Crippen molar-refractivity contribution in [1.29, 1.82) is 0 Å². The number of nitrogens with one attached hydrogen (secondary N) is 1. The van der Waals surface area contributed by atoms with Crippen LogP contribution in [0.25, 0.3) is 0 Å². The lowest BCUT2D eigenvalue weighted by atomic mass is 10.1.